The first kappa shape index (κ1) is 46.8. The topological polar surface area (TPSA) is 17.6 Å². The number of hydrogen-bond acceptors (Lipinski definition) is 0. The summed E-state index contributed by atoms with van der Waals surface area (Å²) in [6.07, 6.45) is 6.30. The SMILES string of the molecule is Cn1c(Cl)c(Cl)[n+](C)c1[B-]1(c2n(C)c(Cl)c(Cl)[n+]2C)C2CCCC1CCC2.Fc1c(F)c(F)c([BH-](c2c(F)c(F)c(F)c(F)c2F)c2c(F)c(F)c(F)c(F)c2F)c(F)c1F. The van der Waals surface area contributed by atoms with Crippen molar-refractivity contribution in [2.24, 2.45) is 28.2 Å². The summed E-state index contributed by atoms with van der Waals surface area (Å²) in [7, 11) is 8.13. The average Bonchev–Trinajstić information content (AvgIpc) is 3.54. The van der Waals surface area contributed by atoms with Gasteiger partial charge in [-0.25, -0.2) is 65.9 Å². The maximum absolute atomic E-state index is 14.4. The molecule has 4 heterocycles. The zero-order valence-electron chi connectivity index (χ0n) is 31.7. The number of rotatable bonds is 5. The summed E-state index contributed by atoms with van der Waals surface area (Å²) in [6.45, 7) is -5.16. The molecule has 2 fully saturated rings. The van der Waals surface area contributed by atoms with Gasteiger partial charge in [-0.15, -0.1) is 28.0 Å². The van der Waals surface area contributed by atoms with Crippen molar-refractivity contribution in [3.63, 3.8) is 0 Å². The Morgan fingerprint density at radius 2 is 0.639 bits per heavy atom. The van der Waals surface area contributed by atoms with Gasteiger partial charge < -0.3 is 0 Å². The number of halogens is 19. The highest BCUT2D eigenvalue weighted by molar-refractivity contribution is 7.02. The molecule has 0 aliphatic carbocycles. The lowest BCUT2D eigenvalue weighted by molar-refractivity contribution is -0.656. The third-order valence-electron chi connectivity index (χ3n) is 12.5. The van der Waals surface area contributed by atoms with Crippen molar-refractivity contribution in [1.29, 1.82) is 0 Å². The van der Waals surface area contributed by atoms with Crippen LogP contribution in [-0.4, -0.2) is 22.0 Å². The van der Waals surface area contributed by atoms with Crippen LogP contribution in [0.4, 0.5) is 65.9 Å². The van der Waals surface area contributed by atoms with Gasteiger partial charge in [-0.1, -0.05) is 38.5 Å². The molecule has 3 aromatic carbocycles. The Morgan fingerprint density at radius 3 is 0.836 bits per heavy atom. The highest BCUT2D eigenvalue weighted by atomic mass is 35.5. The molecule has 2 bridgehead atoms. The van der Waals surface area contributed by atoms with Crippen LogP contribution in [0.3, 0.4) is 0 Å². The quantitative estimate of drug-likeness (QED) is 0.0579. The van der Waals surface area contributed by atoms with Gasteiger partial charge >= 0.3 is 0 Å². The zero-order valence-corrected chi connectivity index (χ0v) is 34.7. The maximum atomic E-state index is 14.4. The van der Waals surface area contributed by atoms with Crippen LogP contribution < -0.4 is 37.0 Å². The minimum atomic E-state index is -5.16. The number of aromatic nitrogens is 4. The number of imidazole rings is 2. The van der Waals surface area contributed by atoms with E-state index in [4.69, 9.17) is 46.4 Å². The predicted octanol–water partition coefficient (Wildman–Crippen LogP) is 7.32. The number of hydrogen-bond donors (Lipinski definition) is 0. The fourth-order valence-corrected chi connectivity index (χ4v) is 10.9. The van der Waals surface area contributed by atoms with E-state index in [0.717, 1.165) is 0 Å². The van der Waals surface area contributed by atoms with E-state index in [1.165, 1.54) is 50.0 Å². The van der Waals surface area contributed by atoms with Gasteiger partial charge in [-0.05, 0) is 46.4 Å². The van der Waals surface area contributed by atoms with Crippen LogP contribution in [0.5, 0.6) is 0 Å². The summed E-state index contributed by atoms with van der Waals surface area (Å²) in [5.41, 5.74) is -5.36. The molecule has 0 unspecified atom stereocenters. The number of benzene rings is 3. The first-order valence-corrected chi connectivity index (χ1v) is 19.6. The summed E-state index contributed by atoms with van der Waals surface area (Å²) in [4.78, 5) is 0. The molecule has 0 spiro atoms. The summed E-state index contributed by atoms with van der Waals surface area (Å²) in [6, 6.07) is 0. The minimum Gasteiger partial charge on any atom is -0.256 e. The third-order valence-corrected chi connectivity index (χ3v) is 14.4. The molecule has 2 aliphatic heterocycles. The Kier molecular flexibility index (Phi) is 12.9. The first-order valence-electron chi connectivity index (χ1n) is 18.1. The van der Waals surface area contributed by atoms with Crippen LogP contribution in [0.15, 0.2) is 0 Å². The fourth-order valence-electron chi connectivity index (χ4n) is 10.1. The van der Waals surface area contributed by atoms with E-state index in [0.29, 0.717) is 32.2 Å². The van der Waals surface area contributed by atoms with Gasteiger partial charge in [0.05, 0.1) is 46.4 Å². The molecule has 0 amide bonds. The van der Waals surface area contributed by atoms with Gasteiger partial charge in [-0.2, -0.15) is 0 Å². The Morgan fingerprint density at radius 1 is 0.426 bits per heavy atom. The molecule has 25 heteroatoms. The molecule has 330 valence electrons. The largest absolute Gasteiger partial charge is 0.256 e. The highest BCUT2D eigenvalue weighted by Crippen LogP contribution is 2.52. The summed E-state index contributed by atoms with van der Waals surface area (Å²) in [5.74, 6) is -43.7. The van der Waals surface area contributed by atoms with Crippen LogP contribution in [0.1, 0.15) is 38.5 Å². The standard InChI is InChI=1S/C18H26BCl4N4.C18HBF15/c1-24-13(20)14(21)25(2)17(24)19(11-7-5-8-12(19)10-6-9-11)18-26(3)15(22)16(23)27(18)4;20-4-1(5(21)11(27)16(32)10(4)26)19(2-6(22)12(28)17(33)13(29)7(2)23)3-8(24)14(30)18(34)15(31)9(3)25/h11-12H,5-10H2,1-4H3;19H/q+1;-1. The molecule has 0 atom stereocenters. The van der Waals surface area contributed by atoms with Crippen molar-refractivity contribution in [2.75, 3.05) is 0 Å². The molecular formula is C36H27B2Cl4F15N4. The molecule has 5 aromatic rings. The molecule has 0 radical (unpaired) electrons. The van der Waals surface area contributed by atoms with Crippen LogP contribution in [0.2, 0.25) is 32.2 Å². The van der Waals surface area contributed by atoms with Crippen molar-refractivity contribution in [2.45, 2.75) is 50.2 Å². The Labute approximate surface area is 356 Å². The van der Waals surface area contributed by atoms with Crippen molar-refractivity contribution in [1.82, 2.24) is 9.13 Å². The van der Waals surface area contributed by atoms with Crippen molar-refractivity contribution < 1.29 is 75.0 Å². The fraction of sp³-hybridized carbons (Fsp3) is 0.333. The van der Waals surface area contributed by atoms with Crippen LogP contribution in [0, 0.1) is 87.3 Å². The van der Waals surface area contributed by atoms with Crippen LogP contribution in [0.25, 0.3) is 0 Å². The lowest BCUT2D eigenvalue weighted by atomic mass is 9.08. The Balaban J connectivity index is 0.000000209. The molecule has 2 aliphatic rings. The van der Waals surface area contributed by atoms with E-state index in [-0.39, 0.29) is 0 Å². The second kappa shape index (κ2) is 16.8. The molecular weight excluding hydrogens is 937 g/mol. The normalized spacial score (nSPS) is 17.3. The van der Waals surface area contributed by atoms with Crippen molar-refractivity contribution in [3.8, 4) is 0 Å². The van der Waals surface area contributed by atoms with Gasteiger partial charge in [0.2, 0.25) is 6.15 Å². The second-order valence-electron chi connectivity index (χ2n) is 15.2. The average molecular weight is 964 g/mol. The van der Waals surface area contributed by atoms with Crippen LogP contribution >= 0.6 is 46.4 Å². The predicted molar refractivity (Wildman–Crippen MR) is 198 cm³/mol. The number of fused-ring (bicyclic) bond motifs is 2. The Bertz CT molecular complexity index is 2270. The molecule has 0 N–H and O–H groups in total. The minimum absolute atomic E-state index is 0.566. The van der Waals surface area contributed by atoms with Gasteiger partial charge in [-0.3, -0.25) is 18.3 Å². The van der Waals surface area contributed by atoms with E-state index in [1.807, 2.05) is 28.2 Å². The second-order valence-corrected chi connectivity index (χ2v) is 16.6. The third kappa shape index (κ3) is 6.80. The van der Waals surface area contributed by atoms with Gasteiger partial charge in [0.25, 0.3) is 20.6 Å². The highest BCUT2D eigenvalue weighted by Gasteiger charge is 2.59. The van der Waals surface area contributed by atoms with E-state index in [2.05, 4.69) is 18.3 Å². The van der Waals surface area contributed by atoms with Gasteiger partial charge in [0, 0.05) is 0 Å². The smallest absolute Gasteiger partial charge is 0.252 e. The molecule has 61 heavy (non-hydrogen) atoms. The Hall–Kier alpha value is -3.68. The zero-order chi connectivity index (χ0) is 45.6. The molecule has 4 nitrogen and oxygen atoms in total. The van der Waals surface area contributed by atoms with Crippen molar-refractivity contribution >= 4 is 87.1 Å². The van der Waals surface area contributed by atoms with E-state index in [9.17, 15) is 65.9 Å². The molecule has 2 saturated heterocycles. The monoisotopic (exact) mass is 962 g/mol. The van der Waals surface area contributed by atoms with Gasteiger partial charge in [0.1, 0.15) is 34.9 Å². The van der Waals surface area contributed by atoms with Crippen LogP contribution in [-0.2, 0) is 28.2 Å². The summed E-state index contributed by atoms with van der Waals surface area (Å²) >= 11 is 26.4. The first-order chi connectivity index (χ1) is 28.4. The van der Waals surface area contributed by atoms with E-state index in [1.54, 1.807) is 0 Å². The maximum Gasteiger partial charge on any atom is 0.252 e. The van der Waals surface area contributed by atoms with E-state index >= 15 is 0 Å². The van der Waals surface area contributed by atoms with Crippen molar-refractivity contribution in [3.05, 3.63) is 108 Å². The lowest BCUT2D eigenvalue weighted by Gasteiger charge is -2.53. The van der Waals surface area contributed by atoms with E-state index < -0.39 is 117 Å². The molecule has 0 saturated carbocycles. The number of nitrogens with zero attached hydrogens (tertiary/aromatic N) is 4. The summed E-state index contributed by atoms with van der Waals surface area (Å²) in [5, 5.41) is 2.36. The molecule has 2 aromatic heterocycles. The van der Waals surface area contributed by atoms with Gasteiger partial charge in [0.15, 0.2) is 52.4 Å². The lowest BCUT2D eigenvalue weighted by Crippen LogP contribution is -2.81. The molecule has 7 rings (SSSR count). The summed E-state index contributed by atoms with van der Waals surface area (Å²) < 4.78 is 217.